The second-order valence-electron chi connectivity index (χ2n) is 10.1. The van der Waals surface area contributed by atoms with Gasteiger partial charge in [0.05, 0.1) is 31.8 Å². The van der Waals surface area contributed by atoms with Crippen LogP contribution in [0.5, 0.6) is 5.75 Å². The van der Waals surface area contributed by atoms with Gasteiger partial charge in [0, 0.05) is 18.2 Å². The molecule has 0 aliphatic rings. The van der Waals surface area contributed by atoms with Crippen LogP contribution >= 0.6 is 0 Å². The van der Waals surface area contributed by atoms with Gasteiger partial charge in [0.15, 0.2) is 11.6 Å². The molecule has 0 aliphatic carbocycles. The summed E-state index contributed by atoms with van der Waals surface area (Å²) in [5.41, 5.74) is 2.06. The molecule has 0 radical (unpaired) electrons. The molecule has 38 heavy (non-hydrogen) atoms. The number of ether oxygens (including phenoxy) is 3. The van der Waals surface area contributed by atoms with Crippen molar-refractivity contribution in [2.24, 2.45) is 5.41 Å². The maximum absolute atomic E-state index is 15.0. The lowest BCUT2D eigenvalue weighted by Gasteiger charge is -2.33. The number of aliphatic hydroxyl groups is 1. The van der Waals surface area contributed by atoms with Gasteiger partial charge in [0.1, 0.15) is 12.4 Å². The fraction of sp³-hybridized carbons (Fsp3) is 0.367. The van der Waals surface area contributed by atoms with E-state index in [0.29, 0.717) is 29.9 Å². The summed E-state index contributed by atoms with van der Waals surface area (Å²) in [6.45, 7) is 6.81. The Hall–Kier alpha value is -3.33. The molecule has 2 atom stereocenters. The second kappa shape index (κ2) is 13.0. The van der Waals surface area contributed by atoms with E-state index in [9.17, 15) is 18.7 Å². The standard InChI is InChI=1S/C30H34F2O6/c1-30(2,3)29(37-15-14-36-4)23-16-19(12-13-20(23)21-8-5-6-10-24(21)31)18-38-26-11-7-9-22(28(26)32)25(33)17-27(34)35/h5-13,16,25,29,33H,14-15,17-18H2,1-4H3,(H,34,35)/t25-,29+/m1/s1. The first-order chi connectivity index (χ1) is 18.0. The van der Waals surface area contributed by atoms with E-state index in [1.807, 2.05) is 26.8 Å². The maximum Gasteiger partial charge on any atom is 0.306 e. The van der Waals surface area contributed by atoms with Gasteiger partial charge in [0.25, 0.3) is 0 Å². The normalized spacial score (nSPS) is 13.2. The van der Waals surface area contributed by atoms with Crippen LogP contribution in [-0.4, -0.2) is 36.5 Å². The van der Waals surface area contributed by atoms with Gasteiger partial charge in [-0.1, -0.05) is 63.2 Å². The summed E-state index contributed by atoms with van der Waals surface area (Å²) in [7, 11) is 1.59. The minimum absolute atomic E-state index is 0.0190. The summed E-state index contributed by atoms with van der Waals surface area (Å²) in [5, 5.41) is 19.0. The number of hydrogen-bond donors (Lipinski definition) is 2. The SMILES string of the molecule is COCCO[C@@H](c1cc(COc2cccc([C@H](O)CC(=O)O)c2F)ccc1-c1ccccc1F)C(C)(C)C. The first-order valence-corrected chi connectivity index (χ1v) is 12.3. The Labute approximate surface area is 221 Å². The third kappa shape index (κ3) is 7.37. The zero-order valence-electron chi connectivity index (χ0n) is 22.0. The van der Waals surface area contributed by atoms with E-state index in [1.54, 1.807) is 37.4 Å². The van der Waals surface area contributed by atoms with Crippen LogP contribution in [0.25, 0.3) is 11.1 Å². The lowest BCUT2D eigenvalue weighted by atomic mass is 9.81. The van der Waals surface area contributed by atoms with E-state index >= 15 is 0 Å². The molecule has 0 spiro atoms. The maximum atomic E-state index is 15.0. The lowest BCUT2D eigenvalue weighted by molar-refractivity contribution is -0.139. The number of carboxylic acid groups (broad SMARTS) is 1. The Morgan fingerprint density at radius 1 is 0.947 bits per heavy atom. The highest BCUT2D eigenvalue weighted by atomic mass is 19.1. The molecule has 204 valence electrons. The van der Waals surface area contributed by atoms with Crippen molar-refractivity contribution in [2.45, 2.75) is 46.0 Å². The summed E-state index contributed by atoms with van der Waals surface area (Å²) in [6, 6.07) is 16.2. The molecule has 3 aromatic rings. The Morgan fingerprint density at radius 3 is 2.34 bits per heavy atom. The largest absolute Gasteiger partial charge is 0.486 e. The fourth-order valence-electron chi connectivity index (χ4n) is 4.23. The van der Waals surface area contributed by atoms with Gasteiger partial charge in [-0.15, -0.1) is 0 Å². The summed E-state index contributed by atoms with van der Waals surface area (Å²) >= 11 is 0. The van der Waals surface area contributed by atoms with Gasteiger partial charge in [-0.25, -0.2) is 8.78 Å². The predicted octanol–water partition coefficient (Wildman–Crippen LogP) is 6.47. The molecule has 0 amide bonds. The Kier molecular flexibility index (Phi) is 9.96. The van der Waals surface area contributed by atoms with Crippen molar-refractivity contribution in [1.82, 2.24) is 0 Å². The Morgan fingerprint density at radius 2 is 1.68 bits per heavy atom. The zero-order chi connectivity index (χ0) is 27.9. The molecule has 3 rings (SSSR count). The van der Waals surface area contributed by atoms with Gasteiger partial charge >= 0.3 is 5.97 Å². The smallest absolute Gasteiger partial charge is 0.306 e. The van der Waals surface area contributed by atoms with Gasteiger partial charge in [-0.3, -0.25) is 4.79 Å². The first-order valence-electron chi connectivity index (χ1n) is 12.3. The van der Waals surface area contributed by atoms with Crippen LogP contribution in [0.3, 0.4) is 0 Å². The number of halogens is 2. The molecule has 3 aromatic carbocycles. The van der Waals surface area contributed by atoms with Crippen molar-refractivity contribution in [3.05, 3.63) is 89.0 Å². The van der Waals surface area contributed by atoms with Gasteiger partial charge < -0.3 is 24.4 Å². The molecular weight excluding hydrogens is 494 g/mol. The quantitative estimate of drug-likeness (QED) is 0.262. The van der Waals surface area contributed by atoms with E-state index < -0.39 is 30.4 Å². The van der Waals surface area contributed by atoms with Crippen molar-refractivity contribution < 1.29 is 38.0 Å². The summed E-state index contributed by atoms with van der Waals surface area (Å²) in [4.78, 5) is 10.9. The average Bonchev–Trinajstić information content (AvgIpc) is 2.85. The molecule has 0 fully saturated rings. The molecule has 0 bridgehead atoms. The van der Waals surface area contributed by atoms with Crippen LogP contribution < -0.4 is 4.74 Å². The topological polar surface area (TPSA) is 85.2 Å². The molecule has 0 unspecified atom stereocenters. The molecule has 2 N–H and O–H groups in total. The molecule has 0 saturated carbocycles. The molecule has 0 saturated heterocycles. The minimum Gasteiger partial charge on any atom is -0.486 e. The molecule has 0 aromatic heterocycles. The van der Waals surface area contributed by atoms with Crippen molar-refractivity contribution in [2.75, 3.05) is 20.3 Å². The zero-order valence-corrected chi connectivity index (χ0v) is 22.0. The molecule has 8 heteroatoms. The van der Waals surface area contributed by atoms with E-state index in [2.05, 4.69) is 0 Å². The number of aliphatic carboxylic acids is 1. The number of carbonyl (C=O) groups is 1. The molecular formula is C30H34F2O6. The van der Waals surface area contributed by atoms with Crippen molar-refractivity contribution in [1.29, 1.82) is 0 Å². The van der Waals surface area contributed by atoms with E-state index in [4.69, 9.17) is 19.3 Å². The van der Waals surface area contributed by atoms with Crippen LogP contribution in [0.2, 0.25) is 0 Å². The number of benzene rings is 3. The number of rotatable bonds is 12. The number of carboxylic acids is 1. The van der Waals surface area contributed by atoms with E-state index in [1.165, 1.54) is 24.3 Å². The van der Waals surface area contributed by atoms with Crippen molar-refractivity contribution in [3.8, 4) is 16.9 Å². The summed E-state index contributed by atoms with van der Waals surface area (Å²) in [5.74, 6) is -2.54. The summed E-state index contributed by atoms with van der Waals surface area (Å²) < 4.78 is 46.9. The Balaban J connectivity index is 1.97. The van der Waals surface area contributed by atoms with Crippen LogP contribution in [-0.2, 0) is 20.9 Å². The first kappa shape index (κ1) is 29.2. The van der Waals surface area contributed by atoms with Crippen LogP contribution in [0.4, 0.5) is 8.78 Å². The van der Waals surface area contributed by atoms with Crippen molar-refractivity contribution in [3.63, 3.8) is 0 Å². The van der Waals surface area contributed by atoms with Crippen LogP contribution in [0.15, 0.2) is 60.7 Å². The third-order valence-corrected chi connectivity index (χ3v) is 6.04. The van der Waals surface area contributed by atoms with Gasteiger partial charge in [0.2, 0.25) is 0 Å². The average molecular weight is 529 g/mol. The number of aliphatic hydroxyl groups excluding tert-OH is 1. The second-order valence-corrected chi connectivity index (χ2v) is 10.1. The molecule has 6 nitrogen and oxygen atoms in total. The van der Waals surface area contributed by atoms with E-state index in [0.717, 1.165) is 5.56 Å². The molecule has 0 heterocycles. The number of methoxy groups -OCH3 is 1. The lowest BCUT2D eigenvalue weighted by Crippen LogP contribution is -2.24. The fourth-order valence-corrected chi connectivity index (χ4v) is 4.23. The van der Waals surface area contributed by atoms with E-state index in [-0.39, 0.29) is 29.2 Å². The third-order valence-electron chi connectivity index (χ3n) is 6.04. The Bertz CT molecular complexity index is 1240. The summed E-state index contributed by atoms with van der Waals surface area (Å²) in [6.07, 6.45) is -2.55. The minimum atomic E-state index is -1.50. The van der Waals surface area contributed by atoms with Crippen LogP contribution in [0.1, 0.15) is 56.1 Å². The monoisotopic (exact) mass is 528 g/mol. The van der Waals surface area contributed by atoms with Gasteiger partial charge in [-0.2, -0.15) is 0 Å². The highest BCUT2D eigenvalue weighted by Crippen LogP contribution is 2.42. The van der Waals surface area contributed by atoms with Crippen LogP contribution in [0, 0.1) is 17.0 Å². The molecule has 0 aliphatic heterocycles. The van der Waals surface area contributed by atoms with Gasteiger partial charge in [-0.05, 0) is 40.3 Å². The highest BCUT2D eigenvalue weighted by molar-refractivity contribution is 5.69. The highest BCUT2D eigenvalue weighted by Gasteiger charge is 2.30. The predicted molar refractivity (Wildman–Crippen MR) is 140 cm³/mol. The van der Waals surface area contributed by atoms with Crippen molar-refractivity contribution >= 4 is 5.97 Å². The number of hydrogen-bond acceptors (Lipinski definition) is 5.